The van der Waals surface area contributed by atoms with Gasteiger partial charge in [0.2, 0.25) is 0 Å². The van der Waals surface area contributed by atoms with E-state index < -0.39 is 0 Å². The van der Waals surface area contributed by atoms with Crippen molar-refractivity contribution >= 4 is 22.9 Å². The Morgan fingerprint density at radius 2 is 1.75 bits per heavy atom. The van der Waals surface area contributed by atoms with Crippen molar-refractivity contribution in [3.8, 4) is 0 Å². The third-order valence-electron chi connectivity index (χ3n) is 0. The Morgan fingerprint density at radius 3 is 1.75 bits per heavy atom. The van der Waals surface area contributed by atoms with E-state index in [1.54, 1.807) is 0 Å². The predicted molar refractivity (Wildman–Crippen MR) is 13.1 cm³/mol. The van der Waals surface area contributed by atoms with Gasteiger partial charge in [0.15, 0.2) is 0 Å². The van der Waals surface area contributed by atoms with Crippen molar-refractivity contribution in [2.45, 2.75) is 0 Å². The van der Waals surface area contributed by atoms with Crippen LogP contribution < -0.4 is 0 Å². The van der Waals surface area contributed by atoms with Gasteiger partial charge in [0, 0.05) is 0 Å². The van der Waals surface area contributed by atoms with Gasteiger partial charge in [-0.2, -0.15) is 0 Å². The summed E-state index contributed by atoms with van der Waals surface area (Å²) in [6.07, 6.45) is 0. The predicted octanol–water partition coefficient (Wildman–Crippen LogP) is -1.27. The zero-order valence-electron chi connectivity index (χ0n) is 1.86. The second kappa shape index (κ2) is 9.37. The molecule has 0 aromatic rings. The topological polar surface area (TPSA) is 61.0 Å². The van der Waals surface area contributed by atoms with Crippen molar-refractivity contribution < 1.29 is 14.0 Å². The summed E-state index contributed by atoms with van der Waals surface area (Å²) in [7, 11) is 0. The first kappa shape index (κ1) is 8.82. The average Bonchev–Trinajstić information content (AvgIpc) is 0.918. The normalized spacial score (nSPS) is 4.50. The molecule has 0 heterocycles. The summed E-state index contributed by atoms with van der Waals surface area (Å²) in [6.45, 7) is 0. The summed E-state index contributed by atoms with van der Waals surface area (Å²) in [5.74, 6) is 0. The summed E-state index contributed by atoms with van der Waals surface area (Å²) in [6, 6.07) is 0. The molecule has 0 aliphatic heterocycles. The maximum atomic E-state index is 7.11. The molecule has 3 nitrogen and oxygen atoms in total. The Balaban J connectivity index is 0. The molecule has 0 bridgehead atoms. The minimum atomic E-state index is 0. The minimum absolute atomic E-state index is 0. The van der Waals surface area contributed by atoms with Crippen molar-refractivity contribution in [2.24, 2.45) is 0 Å². The molecular formula is H3O3Sn. The van der Waals surface area contributed by atoms with E-state index >= 15 is 0 Å². The van der Waals surface area contributed by atoms with Gasteiger partial charge < -0.3 is 5.48 Å². The van der Waals surface area contributed by atoms with Gasteiger partial charge in [-0.15, -0.1) is 0 Å². The van der Waals surface area contributed by atoms with Crippen LogP contribution in [0.2, 0.25) is 0 Å². The third kappa shape index (κ3) is 16.4. The molecule has 0 amide bonds. The van der Waals surface area contributed by atoms with Crippen LogP contribution in [0.25, 0.3) is 0 Å². The van der Waals surface area contributed by atoms with E-state index in [9.17, 15) is 0 Å². The van der Waals surface area contributed by atoms with Gasteiger partial charge in [-0.25, -0.2) is 0 Å². The summed E-state index contributed by atoms with van der Waals surface area (Å²) in [5.41, 5.74) is 0. The Hall–Kier alpha value is 0.679. The fourth-order valence-electron chi connectivity index (χ4n) is 0. The molecule has 0 aliphatic carbocycles. The second-order valence-corrected chi connectivity index (χ2v) is 0.612. The quantitative estimate of drug-likeness (QED) is 0.280. The van der Waals surface area contributed by atoms with E-state index in [2.05, 4.69) is 3.22 Å². The van der Waals surface area contributed by atoms with Crippen LogP contribution in [0.4, 0.5) is 0 Å². The van der Waals surface area contributed by atoms with Gasteiger partial charge in [-0.1, -0.05) is 0 Å². The zero-order chi connectivity index (χ0) is 2.71. The molecule has 0 saturated carbocycles. The number of rotatable bonds is 0. The van der Waals surface area contributed by atoms with Crippen LogP contribution in [0.15, 0.2) is 0 Å². The molecule has 4 heteroatoms. The number of hydrogen-bond acceptors (Lipinski definition) is 2. The first-order valence-electron chi connectivity index (χ1n) is 0.387. The fourth-order valence-corrected chi connectivity index (χ4v) is 0. The fraction of sp³-hybridized carbons (Fsp3) is 0. The van der Waals surface area contributed by atoms with Crippen molar-refractivity contribution in [3.05, 3.63) is 0 Å². The van der Waals surface area contributed by atoms with Gasteiger partial charge in [-0.3, -0.25) is 0 Å². The van der Waals surface area contributed by atoms with Gasteiger partial charge in [0.05, 0.1) is 0 Å². The maximum absolute atomic E-state index is 7.11. The van der Waals surface area contributed by atoms with E-state index in [1.165, 1.54) is 0 Å². The van der Waals surface area contributed by atoms with Gasteiger partial charge in [0.25, 0.3) is 0 Å². The Labute approximate surface area is 37.5 Å². The van der Waals surface area contributed by atoms with Crippen LogP contribution in [0, 0.1) is 0 Å². The molecule has 0 aromatic heterocycles. The monoisotopic (exact) mass is 171 g/mol. The molecule has 0 atom stereocenters. The van der Waals surface area contributed by atoms with Gasteiger partial charge in [0.1, 0.15) is 0 Å². The molecule has 4 heavy (non-hydrogen) atoms. The van der Waals surface area contributed by atoms with Crippen LogP contribution >= 0.6 is 0 Å². The first-order valence-corrected chi connectivity index (χ1v) is 1.55. The Bertz CT molecular complexity index is 3.25. The van der Waals surface area contributed by atoms with Crippen LogP contribution in [-0.4, -0.2) is 33.7 Å². The van der Waals surface area contributed by atoms with E-state index in [4.69, 9.17) is 5.26 Å². The summed E-state index contributed by atoms with van der Waals surface area (Å²) in [4.78, 5) is 0. The number of hydrogen-bond donors (Lipinski definition) is 1. The first-order chi connectivity index (χ1) is 1.41. The molecule has 3 radical (unpaired) electrons. The standard InChI is InChI=1S/H2O2.H2O.Sn/c1-2;;/h1-2H;1H2;/q;;+1/p-1. The van der Waals surface area contributed by atoms with Crippen LogP contribution in [0.3, 0.4) is 0 Å². The summed E-state index contributed by atoms with van der Waals surface area (Å²) >= 11 is 0.691. The van der Waals surface area contributed by atoms with Crippen molar-refractivity contribution in [1.29, 1.82) is 0 Å². The molecule has 0 aliphatic rings. The molecule has 0 saturated heterocycles. The van der Waals surface area contributed by atoms with Crippen LogP contribution in [0.5, 0.6) is 0 Å². The Morgan fingerprint density at radius 1 is 1.75 bits per heavy atom. The van der Waals surface area contributed by atoms with Crippen molar-refractivity contribution in [2.75, 3.05) is 0 Å². The molecule has 0 unspecified atom stereocenters. The molecule has 0 spiro atoms. The summed E-state index contributed by atoms with van der Waals surface area (Å²) in [5, 5.41) is 7.11. The molecule has 0 aromatic carbocycles. The van der Waals surface area contributed by atoms with Gasteiger partial charge in [-0.05, 0) is 0 Å². The molecule has 3 N–H and O–H groups in total. The van der Waals surface area contributed by atoms with E-state index in [0.717, 1.165) is 0 Å². The van der Waals surface area contributed by atoms with E-state index in [0.29, 0.717) is 22.9 Å². The average molecular weight is 170 g/mol. The Kier molecular flexibility index (Phi) is 20.7. The van der Waals surface area contributed by atoms with Crippen molar-refractivity contribution in [1.82, 2.24) is 0 Å². The van der Waals surface area contributed by atoms with E-state index in [-0.39, 0.29) is 5.48 Å². The molecular weight excluding hydrogens is 167 g/mol. The molecule has 0 rings (SSSR count). The van der Waals surface area contributed by atoms with Gasteiger partial charge >= 0.3 is 31.4 Å². The van der Waals surface area contributed by atoms with E-state index in [1.807, 2.05) is 0 Å². The zero-order valence-corrected chi connectivity index (χ0v) is 4.71. The summed E-state index contributed by atoms with van der Waals surface area (Å²) < 4.78 is 3.34. The van der Waals surface area contributed by atoms with Crippen LogP contribution in [0.1, 0.15) is 0 Å². The SMILES string of the molecule is O.O[O][Sn]. The molecule has 25 valence electrons. The third-order valence-corrected chi connectivity index (χ3v) is 0. The molecule has 0 fully saturated rings. The second-order valence-electron chi connectivity index (χ2n) is 0.0913. The van der Waals surface area contributed by atoms with Crippen LogP contribution in [-0.2, 0) is 3.22 Å². The van der Waals surface area contributed by atoms with Crippen molar-refractivity contribution in [3.63, 3.8) is 0 Å².